The average Bonchev–Trinajstić information content (AvgIpc) is 2.75. The highest BCUT2D eigenvalue weighted by Crippen LogP contribution is 2.43. The monoisotopic (exact) mass is 481 g/mol. The predicted octanol–water partition coefficient (Wildman–Crippen LogP) is 5.67. The van der Waals surface area contributed by atoms with Gasteiger partial charge in [0.15, 0.2) is 5.11 Å². The number of nitrogens with zero attached hydrogens (tertiary/aromatic N) is 2. The molecular weight excluding hydrogens is 454 g/mol. The standard InChI is InChI=1S/C26H28ClN3O2S/c1-5-12-29-22-11-6-17(13-20(22)16(2)15-26(29,3)4)14-21-23(31)28-25(33)30(24(21)32)19-9-7-18(27)8-10-19/h6-11,13-14,16H,5,12,15H2,1-4H3,(H,28,31,33)/b21-14-. The van der Waals surface area contributed by atoms with Crippen molar-refractivity contribution in [2.75, 3.05) is 16.3 Å². The molecule has 0 saturated carbocycles. The van der Waals surface area contributed by atoms with E-state index in [0.717, 1.165) is 24.9 Å². The lowest BCUT2D eigenvalue weighted by molar-refractivity contribution is -0.122. The molecule has 5 nitrogen and oxygen atoms in total. The van der Waals surface area contributed by atoms with Gasteiger partial charge in [0.05, 0.1) is 5.69 Å². The minimum absolute atomic E-state index is 0.0488. The lowest BCUT2D eigenvalue weighted by Gasteiger charge is -2.47. The van der Waals surface area contributed by atoms with Gasteiger partial charge < -0.3 is 4.90 Å². The van der Waals surface area contributed by atoms with Crippen LogP contribution in [-0.4, -0.2) is 29.0 Å². The third-order valence-electron chi connectivity index (χ3n) is 6.35. The maximum atomic E-state index is 13.3. The molecule has 172 valence electrons. The second kappa shape index (κ2) is 8.92. The van der Waals surface area contributed by atoms with Crippen molar-refractivity contribution in [1.29, 1.82) is 0 Å². The Bertz CT molecular complexity index is 1160. The fourth-order valence-corrected chi connectivity index (χ4v) is 5.30. The molecule has 2 amide bonds. The summed E-state index contributed by atoms with van der Waals surface area (Å²) in [5.74, 6) is -0.573. The van der Waals surface area contributed by atoms with Gasteiger partial charge in [-0.1, -0.05) is 31.5 Å². The minimum atomic E-state index is -0.491. The lowest BCUT2D eigenvalue weighted by Crippen LogP contribution is -2.54. The van der Waals surface area contributed by atoms with Gasteiger partial charge in [-0.25, -0.2) is 0 Å². The molecule has 0 aliphatic carbocycles. The van der Waals surface area contributed by atoms with Crippen LogP contribution in [0.5, 0.6) is 0 Å². The summed E-state index contributed by atoms with van der Waals surface area (Å²) < 4.78 is 0. The summed E-state index contributed by atoms with van der Waals surface area (Å²) in [6.45, 7) is 9.99. The van der Waals surface area contributed by atoms with Crippen LogP contribution in [0.2, 0.25) is 5.02 Å². The molecule has 0 bridgehead atoms. The first-order valence-corrected chi connectivity index (χ1v) is 12.0. The van der Waals surface area contributed by atoms with Crippen molar-refractivity contribution < 1.29 is 9.59 Å². The SMILES string of the molecule is CCCN1c2ccc(/C=C3/C(=O)NC(=S)N(c4ccc(Cl)cc4)C3=O)cc2C(C)CC1(C)C. The molecule has 1 atom stereocenters. The quantitative estimate of drug-likeness (QED) is 0.347. The first-order chi connectivity index (χ1) is 15.6. The number of benzene rings is 2. The first-order valence-electron chi connectivity index (χ1n) is 11.2. The Labute approximate surface area is 205 Å². The normalized spacial score (nSPS) is 21.3. The van der Waals surface area contributed by atoms with Crippen molar-refractivity contribution in [3.8, 4) is 0 Å². The fourth-order valence-electron chi connectivity index (χ4n) is 4.89. The molecule has 1 unspecified atom stereocenters. The third-order valence-corrected chi connectivity index (χ3v) is 6.89. The number of halogens is 1. The summed E-state index contributed by atoms with van der Waals surface area (Å²) in [7, 11) is 0. The molecule has 1 fully saturated rings. The van der Waals surface area contributed by atoms with E-state index >= 15 is 0 Å². The van der Waals surface area contributed by atoms with E-state index in [2.05, 4.69) is 50.0 Å². The highest BCUT2D eigenvalue weighted by atomic mass is 35.5. The maximum Gasteiger partial charge on any atom is 0.270 e. The van der Waals surface area contributed by atoms with Crippen LogP contribution in [-0.2, 0) is 9.59 Å². The molecule has 0 spiro atoms. The van der Waals surface area contributed by atoms with Gasteiger partial charge in [-0.15, -0.1) is 0 Å². The Balaban J connectivity index is 1.72. The molecule has 1 saturated heterocycles. The molecule has 2 aromatic carbocycles. The number of anilines is 2. The van der Waals surface area contributed by atoms with Crippen LogP contribution in [0.4, 0.5) is 11.4 Å². The number of carbonyl (C=O) groups excluding carboxylic acids is 2. The average molecular weight is 482 g/mol. The Morgan fingerprint density at radius 3 is 2.55 bits per heavy atom. The van der Waals surface area contributed by atoms with E-state index < -0.39 is 11.8 Å². The zero-order valence-electron chi connectivity index (χ0n) is 19.3. The number of fused-ring (bicyclic) bond motifs is 1. The fraction of sp³-hybridized carbons (Fsp3) is 0.346. The Hall–Kier alpha value is -2.70. The maximum absolute atomic E-state index is 13.3. The van der Waals surface area contributed by atoms with Gasteiger partial charge in [0.2, 0.25) is 0 Å². The number of carbonyl (C=O) groups is 2. The van der Waals surface area contributed by atoms with Crippen LogP contribution < -0.4 is 15.1 Å². The van der Waals surface area contributed by atoms with Crippen LogP contribution >= 0.6 is 23.8 Å². The van der Waals surface area contributed by atoms with Crippen molar-refractivity contribution in [2.45, 2.75) is 52.0 Å². The van der Waals surface area contributed by atoms with Gasteiger partial charge in [0.25, 0.3) is 11.8 Å². The molecule has 2 aromatic rings. The van der Waals surface area contributed by atoms with Gasteiger partial charge in [-0.05, 0) is 98.4 Å². The second-order valence-corrected chi connectivity index (χ2v) is 10.1. The number of thiocarbonyl (C=S) groups is 1. The van der Waals surface area contributed by atoms with E-state index in [-0.39, 0.29) is 16.2 Å². The van der Waals surface area contributed by atoms with Crippen LogP contribution in [0, 0.1) is 0 Å². The molecule has 33 heavy (non-hydrogen) atoms. The molecular formula is C26H28ClN3O2S. The van der Waals surface area contributed by atoms with Crippen molar-refractivity contribution in [1.82, 2.24) is 5.32 Å². The summed E-state index contributed by atoms with van der Waals surface area (Å²) in [5, 5.41) is 3.25. The Morgan fingerprint density at radius 2 is 1.88 bits per heavy atom. The third kappa shape index (κ3) is 4.42. The zero-order valence-corrected chi connectivity index (χ0v) is 20.9. The highest BCUT2D eigenvalue weighted by Gasteiger charge is 2.37. The summed E-state index contributed by atoms with van der Waals surface area (Å²) in [4.78, 5) is 29.8. The van der Waals surface area contributed by atoms with Crippen molar-refractivity contribution in [3.05, 3.63) is 64.2 Å². The van der Waals surface area contributed by atoms with Crippen molar-refractivity contribution in [2.24, 2.45) is 0 Å². The van der Waals surface area contributed by atoms with Gasteiger partial charge in [0, 0.05) is 22.8 Å². The summed E-state index contributed by atoms with van der Waals surface area (Å²) in [6, 6.07) is 13.0. The lowest BCUT2D eigenvalue weighted by atomic mass is 9.79. The van der Waals surface area contributed by atoms with E-state index in [1.807, 2.05) is 6.07 Å². The van der Waals surface area contributed by atoms with Gasteiger partial charge in [-0.2, -0.15) is 0 Å². The predicted molar refractivity (Wildman–Crippen MR) is 139 cm³/mol. The topological polar surface area (TPSA) is 52.7 Å². The molecule has 2 aliphatic rings. The van der Waals surface area contributed by atoms with Crippen LogP contribution in [0.15, 0.2) is 48.0 Å². The van der Waals surface area contributed by atoms with Gasteiger partial charge in [0.1, 0.15) is 5.57 Å². The summed E-state index contributed by atoms with van der Waals surface area (Å²) in [6.07, 6.45) is 3.76. The van der Waals surface area contributed by atoms with E-state index in [4.69, 9.17) is 23.8 Å². The van der Waals surface area contributed by atoms with Gasteiger partial charge in [-0.3, -0.25) is 19.8 Å². The smallest absolute Gasteiger partial charge is 0.270 e. The first kappa shape index (κ1) is 23.5. The van der Waals surface area contributed by atoms with Crippen LogP contribution in [0.25, 0.3) is 6.08 Å². The van der Waals surface area contributed by atoms with E-state index in [0.29, 0.717) is 16.6 Å². The molecule has 7 heteroatoms. The van der Waals surface area contributed by atoms with Crippen molar-refractivity contribution in [3.63, 3.8) is 0 Å². The van der Waals surface area contributed by atoms with E-state index in [1.165, 1.54) is 16.2 Å². The van der Waals surface area contributed by atoms with Gasteiger partial charge >= 0.3 is 0 Å². The largest absolute Gasteiger partial charge is 0.366 e. The minimum Gasteiger partial charge on any atom is -0.366 e. The molecule has 4 rings (SSSR count). The van der Waals surface area contributed by atoms with Crippen LogP contribution in [0.3, 0.4) is 0 Å². The number of amides is 2. The summed E-state index contributed by atoms with van der Waals surface area (Å²) >= 11 is 11.3. The summed E-state index contributed by atoms with van der Waals surface area (Å²) in [5.41, 5.74) is 3.97. The number of hydrogen-bond acceptors (Lipinski definition) is 4. The number of nitrogens with one attached hydrogen (secondary N) is 1. The van der Waals surface area contributed by atoms with Crippen LogP contribution in [0.1, 0.15) is 57.6 Å². The molecule has 0 aromatic heterocycles. The zero-order chi connectivity index (χ0) is 23.9. The number of rotatable bonds is 4. The second-order valence-electron chi connectivity index (χ2n) is 9.32. The van der Waals surface area contributed by atoms with Crippen molar-refractivity contribution >= 4 is 58.2 Å². The Kier molecular flexibility index (Phi) is 6.34. The Morgan fingerprint density at radius 1 is 1.18 bits per heavy atom. The molecule has 0 radical (unpaired) electrons. The number of hydrogen-bond donors (Lipinski definition) is 1. The van der Waals surface area contributed by atoms with E-state index in [1.54, 1.807) is 30.3 Å². The van der Waals surface area contributed by atoms with E-state index in [9.17, 15) is 9.59 Å². The molecule has 2 aliphatic heterocycles. The molecule has 1 N–H and O–H groups in total. The highest BCUT2D eigenvalue weighted by molar-refractivity contribution is 7.80. The molecule has 2 heterocycles.